The van der Waals surface area contributed by atoms with Crippen LogP contribution in [-0.2, 0) is 16.1 Å². The van der Waals surface area contributed by atoms with E-state index in [1.54, 1.807) is 36.9 Å². The lowest BCUT2D eigenvalue weighted by Crippen LogP contribution is -2.58. The molecule has 0 radical (unpaired) electrons. The molecule has 2 atom stereocenters. The number of hydrogen-bond acceptors (Lipinski definition) is 8. The third-order valence-corrected chi connectivity index (χ3v) is 7.53. The van der Waals surface area contributed by atoms with Crippen LogP contribution in [0.3, 0.4) is 0 Å². The van der Waals surface area contributed by atoms with Crippen molar-refractivity contribution in [1.82, 2.24) is 20.3 Å². The van der Waals surface area contributed by atoms with Gasteiger partial charge in [0.2, 0.25) is 5.91 Å². The van der Waals surface area contributed by atoms with Gasteiger partial charge in [-0.3, -0.25) is 14.4 Å². The number of piperidine rings is 1. The highest BCUT2D eigenvalue weighted by Gasteiger charge is 2.35. The van der Waals surface area contributed by atoms with Crippen LogP contribution in [0.15, 0.2) is 47.0 Å². The van der Waals surface area contributed by atoms with Gasteiger partial charge in [0.1, 0.15) is 28.6 Å². The highest BCUT2D eigenvalue weighted by Crippen LogP contribution is 2.30. The average Bonchev–Trinajstić information content (AvgIpc) is 3.31. The van der Waals surface area contributed by atoms with Gasteiger partial charge in [0, 0.05) is 31.3 Å². The quantitative estimate of drug-likeness (QED) is 0.478. The lowest BCUT2D eigenvalue weighted by Gasteiger charge is -2.39. The Morgan fingerprint density at radius 2 is 1.95 bits per heavy atom. The zero-order valence-corrected chi connectivity index (χ0v) is 25.2. The van der Waals surface area contributed by atoms with Gasteiger partial charge in [-0.15, -0.1) is 0 Å². The molecule has 228 valence electrons. The number of carbonyl (C=O) groups excluding carboxylic acids is 3. The van der Waals surface area contributed by atoms with Gasteiger partial charge in [0.25, 0.3) is 11.8 Å². The fourth-order valence-corrected chi connectivity index (χ4v) is 5.47. The fraction of sp³-hybridized carbons (Fsp3) is 0.438. The van der Waals surface area contributed by atoms with E-state index in [9.17, 15) is 14.4 Å². The van der Waals surface area contributed by atoms with Gasteiger partial charge in [-0.25, -0.2) is 0 Å². The number of nitrogens with zero attached hydrogens (tertiary/aromatic N) is 3. The number of ether oxygens (including phenoxy) is 3. The normalized spacial score (nSPS) is 19.5. The number of aryl methyl sites for hydroxylation is 2. The summed E-state index contributed by atoms with van der Waals surface area (Å²) in [5.41, 5.74) is 2.18. The topological polar surface area (TPSA) is 123 Å². The molecule has 3 aromatic rings. The maximum Gasteiger partial charge on any atom is 0.259 e. The first kappa shape index (κ1) is 30.1. The van der Waals surface area contributed by atoms with Crippen LogP contribution in [0.25, 0.3) is 0 Å². The predicted octanol–water partition coefficient (Wildman–Crippen LogP) is 4.26. The highest BCUT2D eigenvalue weighted by atomic mass is 16.5. The van der Waals surface area contributed by atoms with Crippen LogP contribution in [-0.4, -0.2) is 77.1 Å². The van der Waals surface area contributed by atoms with Crippen molar-refractivity contribution in [1.29, 1.82) is 0 Å². The summed E-state index contributed by atoms with van der Waals surface area (Å²) in [5.74, 6) is 1.10. The molecule has 3 amide bonds. The second-order valence-corrected chi connectivity index (χ2v) is 11.2. The second kappa shape index (κ2) is 12.9. The maximum atomic E-state index is 13.7. The van der Waals surface area contributed by atoms with Crippen molar-refractivity contribution in [2.24, 2.45) is 0 Å². The van der Waals surface area contributed by atoms with Crippen molar-refractivity contribution >= 4 is 17.7 Å². The molecule has 1 fully saturated rings. The number of carbonyl (C=O) groups is 3. The summed E-state index contributed by atoms with van der Waals surface area (Å²) in [7, 11) is 0. The zero-order chi connectivity index (χ0) is 30.7. The standard InChI is InChI=1S/C32H38N4O7/c1-6-35-17-29(37)33-27-16-36(32(39)30-20(4)34-43-21(30)5)11-10-28(27)40-18-22-8-7-9-24(12-22)42-26-14-23(31(35)38)13-25(15-26)41-19(2)3/h7-9,12-15,19,27-28H,6,10-11,16-18H2,1-5H3,(H,33,37)/t27-,28-/m0/s1. The number of likely N-dealkylation sites (N-methyl/N-ethyl adjacent to an activating group) is 1. The Bertz CT molecular complexity index is 1480. The van der Waals surface area contributed by atoms with Crippen LogP contribution in [0.5, 0.6) is 17.2 Å². The third kappa shape index (κ3) is 6.99. The van der Waals surface area contributed by atoms with Gasteiger partial charge >= 0.3 is 0 Å². The minimum absolute atomic E-state index is 0.114. The van der Waals surface area contributed by atoms with E-state index < -0.39 is 6.04 Å². The summed E-state index contributed by atoms with van der Waals surface area (Å²) in [6.07, 6.45) is 0.0389. The molecular formula is C32H38N4O7. The van der Waals surface area contributed by atoms with Crippen LogP contribution >= 0.6 is 0 Å². The van der Waals surface area contributed by atoms with E-state index >= 15 is 0 Å². The number of amides is 3. The van der Waals surface area contributed by atoms with Gasteiger partial charge in [-0.05, 0) is 70.9 Å². The summed E-state index contributed by atoms with van der Waals surface area (Å²) in [5, 5.41) is 6.97. The smallest absolute Gasteiger partial charge is 0.259 e. The summed E-state index contributed by atoms with van der Waals surface area (Å²) < 4.78 is 23.6. The highest BCUT2D eigenvalue weighted by molar-refractivity contribution is 5.97. The minimum atomic E-state index is -0.499. The Labute approximate surface area is 251 Å². The Hall–Kier alpha value is -4.38. The molecule has 1 aromatic heterocycles. The molecule has 2 aliphatic heterocycles. The van der Waals surface area contributed by atoms with Crippen LogP contribution in [0.4, 0.5) is 0 Å². The van der Waals surface area contributed by atoms with Crippen molar-refractivity contribution < 1.29 is 33.1 Å². The van der Waals surface area contributed by atoms with Crippen molar-refractivity contribution in [2.75, 3.05) is 26.2 Å². The summed E-state index contributed by atoms with van der Waals surface area (Å²) in [4.78, 5) is 43.6. The molecule has 1 saturated heterocycles. The number of rotatable bonds is 4. The molecule has 2 aliphatic rings. The predicted molar refractivity (Wildman–Crippen MR) is 157 cm³/mol. The number of benzene rings is 2. The van der Waals surface area contributed by atoms with Gasteiger partial charge < -0.3 is 33.9 Å². The monoisotopic (exact) mass is 590 g/mol. The molecule has 4 bridgehead atoms. The largest absolute Gasteiger partial charge is 0.491 e. The number of likely N-dealkylation sites (tertiary alicyclic amines) is 1. The molecule has 11 heteroatoms. The maximum absolute atomic E-state index is 13.7. The molecule has 43 heavy (non-hydrogen) atoms. The van der Waals surface area contributed by atoms with Gasteiger partial charge in [0.05, 0.1) is 37.1 Å². The molecule has 11 nitrogen and oxygen atoms in total. The molecular weight excluding hydrogens is 552 g/mol. The lowest BCUT2D eigenvalue weighted by molar-refractivity contribution is -0.124. The van der Waals surface area contributed by atoms with E-state index in [4.69, 9.17) is 18.7 Å². The van der Waals surface area contributed by atoms with E-state index in [1.807, 2.05) is 45.0 Å². The molecule has 0 spiro atoms. The minimum Gasteiger partial charge on any atom is -0.491 e. The molecule has 0 aliphatic carbocycles. The van der Waals surface area contributed by atoms with Crippen molar-refractivity contribution in [3.8, 4) is 17.2 Å². The van der Waals surface area contributed by atoms with E-state index in [1.165, 1.54) is 4.90 Å². The Morgan fingerprint density at radius 1 is 1.14 bits per heavy atom. The van der Waals surface area contributed by atoms with Crippen LogP contribution in [0, 0.1) is 13.8 Å². The third-order valence-electron chi connectivity index (χ3n) is 7.53. The van der Waals surface area contributed by atoms with Crippen LogP contribution < -0.4 is 14.8 Å². The molecule has 2 aromatic carbocycles. The van der Waals surface area contributed by atoms with Crippen molar-refractivity contribution in [3.63, 3.8) is 0 Å². The summed E-state index contributed by atoms with van der Waals surface area (Å²) in [6.45, 7) is 10.2. The number of nitrogens with one attached hydrogen (secondary N) is 1. The van der Waals surface area contributed by atoms with Gasteiger partial charge in [-0.1, -0.05) is 17.3 Å². The van der Waals surface area contributed by atoms with Gasteiger partial charge in [-0.2, -0.15) is 0 Å². The van der Waals surface area contributed by atoms with Gasteiger partial charge in [0.15, 0.2) is 0 Å². The second-order valence-electron chi connectivity index (χ2n) is 11.2. The van der Waals surface area contributed by atoms with E-state index in [2.05, 4.69) is 10.5 Å². The zero-order valence-electron chi connectivity index (χ0n) is 25.2. The molecule has 1 N–H and O–H groups in total. The first-order chi connectivity index (χ1) is 20.6. The molecule has 5 rings (SSSR count). The average molecular weight is 591 g/mol. The number of fused-ring (bicyclic) bond motifs is 5. The first-order valence-electron chi connectivity index (χ1n) is 14.6. The summed E-state index contributed by atoms with van der Waals surface area (Å²) in [6, 6.07) is 12.1. The lowest BCUT2D eigenvalue weighted by atomic mass is 10.00. The number of hydrogen-bond donors (Lipinski definition) is 1. The van der Waals surface area contributed by atoms with E-state index in [-0.39, 0.29) is 49.6 Å². The van der Waals surface area contributed by atoms with Crippen molar-refractivity contribution in [2.45, 2.75) is 65.9 Å². The molecule has 0 saturated carbocycles. The SMILES string of the molecule is CCN1CC(=O)N[C@H]2CN(C(=O)c3c(C)noc3C)CC[C@@H]2OCc2cccc(c2)Oc2cc(OC(C)C)cc(c2)C1=O. The van der Waals surface area contributed by atoms with E-state index in [0.29, 0.717) is 59.3 Å². The van der Waals surface area contributed by atoms with Crippen LogP contribution in [0.1, 0.15) is 64.9 Å². The molecule has 3 heterocycles. The number of aromatic nitrogens is 1. The first-order valence-corrected chi connectivity index (χ1v) is 14.6. The Kier molecular flexibility index (Phi) is 9.00. The summed E-state index contributed by atoms with van der Waals surface area (Å²) >= 11 is 0. The Balaban J connectivity index is 1.45. The molecule has 0 unspecified atom stereocenters. The Morgan fingerprint density at radius 3 is 2.67 bits per heavy atom. The fourth-order valence-electron chi connectivity index (χ4n) is 5.47. The van der Waals surface area contributed by atoms with E-state index in [0.717, 1.165) is 5.56 Å². The van der Waals surface area contributed by atoms with Crippen LogP contribution in [0.2, 0.25) is 0 Å². The van der Waals surface area contributed by atoms with Crippen molar-refractivity contribution in [3.05, 3.63) is 70.6 Å².